The van der Waals surface area contributed by atoms with Crippen LogP contribution in [0.25, 0.3) is 0 Å². The second kappa shape index (κ2) is 6.12. The molecule has 2 rings (SSSR count). The van der Waals surface area contributed by atoms with Crippen LogP contribution in [0.5, 0.6) is 5.75 Å². The summed E-state index contributed by atoms with van der Waals surface area (Å²) >= 11 is 4.78. The van der Waals surface area contributed by atoms with Crippen LogP contribution < -0.4 is 4.74 Å². The summed E-state index contributed by atoms with van der Waals surface area (Å²) in [7, 11) is 1.52. The van der Waals surface area contributed by atoms with Gasteiger partial charge in [-0.05, 0) is 42.5 Å². The van der Waals surface area contributed by atoms with Gasteiger partial charge in [0.15, 0.2) is 0 Å². The molecule has 3 nitrogen and oxygen atoms in total. The number of hydrogen-bond donors (Lipinski definition) is 1. The highest BCUT2D eigenvalue weighted by Gasteiger charge is 2.12. The first-order valence-corrected chi connectivity index (χ1v) is 7.06. The lowest BCUT2D eigenvalue weighted by Crippen LogP contribution is -1.99. The van der Waals surface area contributed by atoms with E-state index in [0.29, 0.717) is 10.6 Å². The largest absolute Gasteiger partial charge is 0.497 e. The van der Waals surface area contributed by atoms with E-state index in [2.05, 4.69) is 15.9 Å². The van der Waals surface area contributed by atoms with Gasteiger partial charge in [0, 0.05) is 14.3 Å². The second-order valence-corrected chi connectivity index (χ2v) is 5.75. The van der Waals surface area contributed by atoms with E-state index in [4.69, 9.17) is 4.74 Å². The van der Waals surface area contributed by atoms with Gasteiger partial charge in [-0.2, -0.15) is 0 Å². The van der Waals surface area contributed by atoms with Crippen molar-refractivity contribution in [1.29, 1.82) is 0 Å². The molecule has 0 saturated carbocycles. The van der Waals surface area contributed by atoms with E-state index in [1.807, 2.05) is 24.3 Å². The first kappa shape index (κ1) is 14.0. The summed E-state index contributed by atoms with van der Waals surface area (Å²) in [4.78, 5) is 12.9. The molecule has 0 radical (unpaired) electrons. The van der Waals surface area contributed by atoms with Gasteiger partial charge < -0.3 is 9.84 Å². The Morgan fingerprint density at radius 3 is 2.47 bits per heavy atom. The lowest BCUT2D eigenvalue weighted by Gasteiger charge is -2.08. The molecule has 0 aliphatic heterocycles. The standard InChI is InChI=1S/C14H11BrO3S/c1-18-10-4-7-13(12(8-10)14(16)17)19-11-5-2-9(15)3-6-11/h2-8H,1H3,(H,16,17). The van der Waals surface area contributed by atoms with Crippen molar-refractivity contribution in [3.05, 3.63) is 52.5 Å². The third-order valence-electron chi connectivity index (χ3n) is 2.46. The Morgan fingerprint density at radius 1 is 1.21 bits per heavy atom. The molecule has 0 fully saturated rings. The van der Waals surface area contributed by atoms with Gasteiger partial charge in [-0.25, -0.2) is 4.79 Å². The van der Waals surface area contributed by atoms with Crippen LogP contribution in [0.3, 0.4) is 0 Å². The van der Waals surface area contributed by atoms with E-state index in [1.165, 1.54) is 24.9 Å². The maximum absolute atomic E-state index is 11.3. The highest BCUT2D eigenvalue weighted by atomic mass is 79.9. The van der Waals surface area contributed by atoms with E-state index in [9.17, 15) is 9.90 Å². The Bertz CT molecular complexity index is 596. The van der Waals surface area contributed by atoms with E-state index in [-0.39, 0.29) is 5.56 Å². The number of methoxy groups -OCH3 is 1. The zero-order valence-corrected chi connectivity index (χ0v) is 12.5. The topological polar surface area (TPSA) is 46.5 Å². The molecule has 0 aromatic heterocycles. The number of carbonyl (C=O) groups is 1. The van der Waals surface area contributed by atoms with Crippen molar-refractivity contribution in [2.45, 2.75) is 9.79 Å². The van der Waals surface area contributed by atoms with E-state index >= 15 is 0 Å². The van der Waals surface area contributed by atoms with Gasteiger partial charge in [0.25, 0.3) is 0 Å². The van der Waals surface area contributed by atoms with Gasteiger partial charge in [0.1, 0.15) is 5.75 Å². The quantitative estimate of drug-likeness (QED) is 0.902. The highest BCUT2D eigenvalue weighted by molar-refractivity contribution is 9.10. The maximum Gasteiger partial charge on any atom is 0.336 e. The summed E-state index contributed by atoms with van der Waals surface area (Å²) in [6.07, 6.45) is 0. The SMILES string of the molecule is COc1ccc(Sc2ccc(Br)cc2)c(C(=O)O)c1. The summed E-state index contributed by atoms with van der Waals surface area (Å²) in [6.45, 7) is 0. The summed E-state index contributed by atoms with van der Waals surface area (Å²) < 4.78 is 6.04. The van der Waals surface area contributed by atoms with Gasteiger partial charge in [0.05, 0.1) is 12.7 Å². The number of carboxylic acid groups (broad SMARTS) is 1. The molecule has 2 aromatic rings. The fourth-order valence-electron chi connectivity index (χ4n) is 1.52. The summed E-state index contributed by atoms with van der Waals surface area (Å²) in [6, 6.07) is 12.8. The van der Waals surface area contributed by atoms with E-state index in [1.54, 1.807) is 12.1 Å². The third-order valence-corrected chi connectivity index (χ3v) is 4.07. The van der Waals surface area contributed by atoms with Gasteiger partial charge in [-0.1, -0.05) is 27.7 Å². The lowest BCUT2D eigenvalue weighted by atomic mass is 10.2. The molecule has 1 N–H and O–H groups in total. The average molecular weight is 339 g/mol. The van der Waals surface area contributed by atoms with Crippen LogP contribution in [0, 0.1) is 0 Å². The molecule has 0 spiro atoms. The first-order chi connectivity index (χ1) is 9.10. The molecule has 0 atom stereocenters. The molecule has 0 saturated heterocycles. The number of aromatic carboxylic acids is 1. The Morgan fingerprint density at radius 2 is 1.89 bits per heavy atom. The third kappa shape index (κ3) is 3.52. The van der Waals surface area contributed by atoms with Crippen molar-refractivity contribution in [2.24, 2.45) is 0 Å². The Labute approximate surface area is 123 Å². The first-order valence-electron chi connectivity index (χ1n) is 5.45. The minimum absolute atomic E-state index is 0.243. The summed E-state index contributed by atoms with van der Waals surface area (Å²) in [5, 5.41) is 9.23. The maximum atomic E-state index is 11.3. The average Bonchev–Trinajstić information content (AvgIpc) is 2.41. The van der Waals surface area contributed by atoms with Gasteiger partial charge >= 0.3 is 5.97 Å². The Balaban J connectivity index is 2.33. The van der Waals surface area contributed by atoms with Crippen LogP contribution >= 0.6 is 27.7 Å². The fourth-order valence-corrected chi connectivity index (χ4v) is 2.70. The van der Waals surface area contributed by atoms with Gasteiger partial charge in [-0.15, -0.1) is 0 Å². The fraction of sp³-hybridized carbons (Fsp3) is 0.0714. The van der Waals surface area contributed by atoms with Crippen LogP contribution in [0.15, 0.2) is 56.7 Å². The number of benzene rings is 2. The van der Waals surface area contributed by atoms with Crippen LogP contribution in [0.2, 0.25) is 0 Å². The molecule has 98 valence electrons. The van der Waals surface area contributed by atoms with Crippen molar-refractivity contribution >= 4 is 33.7 Å². The zero-order valence-electron chi connectivity index (χ0n) is 10.1. The molecule has 0 bridgehead atoms. The smallest absolute Gasteiger partial charge is 0.336 e. The summed E-state index contributed by atoms with van der Waals surface area (Å²) in [5.41, 5.74) is 0.243. The molecule has 2 aromatic carbocycles. The van der Waals surface area contributed by atoms with Crippen molar-refractivity contribution in [3.63, 3.8) is 0 Å². The van der Waals surface area contributed by atoms with Gasteiger partial charge in [-0.3, -0.25) is 0 Å². The predicted octanol–water partition coefficient (Wildman–Crippen LogP) is 4.31. The Kier molecular flexibility index (Phi) is 4.50. The number of halogens is 1. The molecule has 0 aliphatic carbocycles. The predicted molar refractivity (Wildman–Crippen MR) is 78.2 cm³/mol. The second-order valence-electron chi connectivity index (χ2n) is 3.72. The van der Waals surface area contributed by atoms with Crippen molar-refractivity contribution in [2.75, 3.05) is 7.11 Å². The van der Waals surface area contributed by atoms with Crippen molar-refractivity contribution in [3.8, 4) is 5.75 Å². The van der Waals surface area contributed by atoms with Crippen LogP contribution in [0.1, 0.15) is 10.4 Å². The molecule has 0 unspecified atom stereocenters. The minimum Gasteiger partial charge on any atom is -0.497 e. The van der Waals surface area contributed by atoms with Crippen LogP contribution in [-0.4, -0.2) is 18.2 Å². The monoisotopic (exact) mass is 338 g/mol. The Hall–Kier alpha value is -1.46. The number of carboxylic acids is 1. The minimum atomic E-state index is -0.960. The molecule has 0 heterocycles. The molecular weight excluding hydrogens is 328 g/mol. The number of hydrogen-bond acceptors (Lipinski definition) is 3. The van der Waals surface area contributed by atoms with Crippen molar-refractivity contribution in [1.82, 2.24) is 0 Å². The van der Waals surface area contributed by atoms with Gasteiger partial charge in [0.2, 0.25) is 0 Å². The molecule has 0 amide bonds. The van der Waals surface area contributed by atoms with E-state index in [0.717, 1.165) is 9.37 Å². The zero-order chi connectivity index (χ0) is 13.8. The van der Waals surface area contributed by atoms with E-state index < -0.39 is 5.97 Å². The summed E-state index contributed by atoms with van der Waals surface area (Å²) in [5.74, 6) is -0.420. The molecule has 0 aliphatic rings. The lowest BCUT2D eigenvalue weighted by molar-refractivity contribution is 0.0692. The van der Waals surface area contributed by atoms with Crippen LogP contribution in [-0.2, 0) is 0 Å². The number of ether oxygens (including phenoxy) is 1. The normalized spacial score (nSPS) is 10.2. The highest BCUT2D eigenvalue weighted by Crippen LogP contribution is 2.33. The number of rotatable bonds is 4. The molecule has 5 heteroatoms. The molecule has 19 heavy (non-hydrogen) atoms. The van der Waals surface area contributed by atoms with Crippen molar-refractivity contribution < 1.29 is 14.6 Å². The molecular formula is C14H11BrO3S. The van der Waals surface area contributed by atoms with Crippen LogP contribution in [0.4, 0.5) is 0 Å².